The molecule has 0 aliphatic carbocycles. The van der Waals surface area contributed by atoms with E-state index in [2.05, 4.69) is 9.88 Å². The van der Waals surface area contributed by atoms with Gasteiger partial charge in [-0.15, -0.1) is 0 Å². The minimum Gasteiger partial charge on any atom is -0.384 e. The van der Waals surface area contributed by atoms with Crippen LogP contribution in [0.4, 0.5) is 5.82 Å². The maximum absolute atomic E-state index is 12.2. The van der Waals surface area contributed by atoms with Gasteiger partial charge in [0.15, 0.2) is 0 Å². The number of piperazine rings is 1. The van der Waals surface area contributed by atoms with Crippen molar-refractivity contribution in [2.24, 2.45) is 0 Å². The van der Waals surface area contributed by atoms with E-state index in [1.54, 1.807) is 11.1 Å². The Balaban J connectivity index is 2.16. The van der Waals surface area contributed by atoms with Gasteiger partial charge in [0.2, 0.25) is 5.91 Å². The summed E-state index contributed by atoms with van der Waals surface area (Å²) in [5.74, 6) is 0.682. The van der Waals surface area contributed by atoms with Gasteiger partial charge < -0.3 is 10.6 Å². The number of amides is 1. The monoisotopic (exact) mass is 248 g/mol. The predicted molar refractivity (Wildman–Crippen MR) is 70.8 cm³/mol. The van der Waals surface area contributed by atoms with Crippen LogP contribution in [-0.2, 0) is 11.3 Å². The van der Waals surface area contributed by atoms with Crippen LogP contribution in [0.5, 0.6) is 0 Å². The molecule has 2 rings (SSSR count). The number of pyridine rings is 1. The highest BCUT2D eigenvalue weighted by Crippen LogP contribution is 2.23. The first-order chi connectivity index (χ1) is 8.41. The molecule has 98 valence electrons. The quantitative estimate of drug-likeness (QED) is 0.837. The third kappa shape index (κ3) is 2.31. The van der Waals surface area contributed by atoms with Crippen LogP contribution in [-0.4, -0.2) is 46.4 Å². The summed E-state index contributed by atoms with van der Waals surface area (Å²) < 4.78 is 0. The van der Waals surface area contributed by atoms with Crippen LogP contribution in [0.1, 0.15) is 19.4 Å². The first kappa shape index (κ1) is 12.8. The molecule has 5 nitrogen and oxygen atoms in total. The number of nitrogens with zero attached hydrogens (tertiary/aromatic N) is 3. The van der Waals surface area contributed by atoms with E-state index in [4.69, 9.17) is 5.73 Å². The molecule has 1 fully saturated rings. The van der Waals surface area contributed by atoms with Crippen molar-refractivity contribution in [1.29, 1.82) is 0 Å². The summed E-state index contributed by atoms with van der Waals surface area (Å²) in [5, 5.41) is 0. The van der Waals surface area contributed by atoms with Crippen LogP contribution in [0.25, 0.3) is 0 Å². The molecule has 1 aromatic rings. The number of carbonyl (C=O) groups is 1. The molecule has 18 heavy (non-hydrogen) atoms. The molecule has 0 saturated carbocycles. The van der Waals surface area contributed by atoms with E-state index in [9.17, 15) is 4.79 Å². The number of rotatable bonds is 2. The summed E-state index contributed by atoms with van der Waals surface area (Å²) in [4.78, 5) is 20.1. The molecule has 0 spiro atoms. The highest BCUT2D eigenvalue weighted by atomic mass is 16.2. The Morgan fingerprint density at radius 3 is 2.83 bits per heavy atom. The molecule has 1 aromatic heterocycles. The Kier molecular flexibility index (Phi) is 3.26. The van der Waals surface area contributed by atoms with Gasteiger partial charge in [-0.05, 0) is 31.5 Å². The molecule has 1 aliphatic heterocycles. The number of hydrogen-bond acceptors (Lipinski definition) is 4. The van der Waals surface area contributed by atoms with Gasteiger partial charge in [-0.25, -0.2) is 4.98 Å². The number of nitrogens with two attached hydrogens (primary N) is 1. The van der Waals surface area contributed by atoms with E-state index in [1.807, 2.05) is 33.0 Å². The molecule has 0 bridgehead atoms. The molecule has 1 saturated heterocycles. The van der Waals surface area contributed by atoms with Crippen molar-refractivity contribution in [3.8, 4) is 0 Å². The average molecular weight is 248 g/mol. The zero-order chi connectivity index (χ0) is 13.3. The van der Waals surface area contributed by atoms with Gasteiger partial charge in [-0.1, -0.05) is 0 Å². The number of nitrogen functional groups attached to an aromatic ring is 1. The highest BCUT2D eigenvalue weighted by molar-refractivity contribution is 5.86. The second kappa shape index (κ2) is 4.57. The van der Waals surface area contributed by atoms with Crippen molar-refractivity contribution in [2.45, 2.75) is 25.9 Å². The standard InChI is InChI=1S/C13H20N4O/c1-13(2)12(18)16(3)6-7-17(13)9-10-4-5-15-11(14)8-10/h4-5,8H,6-7,9H2,1-3H3,(H2,14,15). The van der Waals surface area contributed by atoms with Crippen molar-refractivity contribution in [3.05, 3.63) is 23.9 Å². The summed E-state index contributed by atoms with van der Waals surface area (Å²) in [5.41, 5.74) is 6.30. The lowest BCUT2D eigenvalue weighted by Crippen LogP contribution is -2.61. The number of likely N-dealkylation sites (N-methyl/N-ethyl adjacent to an activating group) is 1. The largest absolute Gasteiger partial charge is 0.384 e. The Morgan fingerprint density at radius 1 is 1.44 bits per heavy atom. The molecular weight excluding hydrogens is 228 g/mol. The fourth-order valence-electron chi connectivity index (χ4n) is 2.34. The molecular formula is C13H20N4O. The average Bonchev–Trinajstić information content (AvgIpc) is 2.31. The first-order valence-electron chi connectivity index (χ1n) is 6.12. The lowest BCUT2D eigenvalue weighted by molar-refractivity contribution is -0.147. The summed E-state index contributed by atoms with van der Waals surface area (Å²) in [6.07, 6.45) is 1.70. The van der Waals surface area contributed by atoms with Crippen LogP contribution in [0.3, 0.4) is 0 Å². The van der Waals surface area contributed by atoms with Crippen molar-refractivity contribution in [3.63, 3.8) is 0 Å². The smallest absolute Gasteiger partial charge is 0.242 e. The van der Waals surface area contributed by atoms with E-state index in [0.29, 0.717) is 5.82 Å². The molecule has 0 unspecified atom stereocenters. The molecule has 2 N–H and O–H groups in total. The van der Waals surface area contributed by atoms with Gasteiger partial charge in [0.1, 0.15) is 5.82 Å². The van der Waals surface area contributed by atoms with Gasteiger partial charge >= 0.3 is 0 Å². The summed E-state index contributed by atoms with van der Waals surface area (Å²) in [7, 11) is 1.85. The van der Waals surface area contributed by atoms with Crippen LogP contribution >= 0.6 is 0 Å². The normalized spacial score (nSPS) is 20.2. The first-order valence-corrected chi connectivity index (χ1v) is 6.12. The molecule has 1 amide bonds. The molecule has 5 heteroatoms. The zero-order valence-corrected chi connectivity index (χ0v) is 11.2. The molecule has 1 aliphatic rings. The van der Waals surface area contributed by atoms with Gasteiger partial charge in [-0.2, -0.15) is 0 Å². The number of hydrogen-bond donors (Lipinski definition) is 1. The van der Waals surface area contributed by atoms with Crippen LogP contribution in [0, 0.1) is 0 Å². The zero-order valence-electron chi connectivity index (χ0n) is 11.2. The summed E-state index contributed by atoms with van der Waals surface area (Å²) in [6, 6.07) is 3.80. The Morgan fingerprint density at radius 2 is 2.17 bits per heavy atom. The molecule has 0 radical (unpaired) electrons. The van der Waals surface area contributed by atoms with Crippen molar-refractivity contribution < 1.29 is 4.79 Å². The Labute approximate surface area is 108 Å². The predicted octanol–water partition coefficient (Wildman–Crippen LogP) is 0.716. The Hall–Kier alpha value is -1.62. The van der Waals surface area contributed by atoms with Crippen molar-refractivity contribution in [2.75, 3.05) is 25.9 Å². The van der Waals surface area contributed by atoms with Gasteiger partial charge in [0, 0.05) is 32.9 Å². The summed E-state index contributed by atoms with van der Waals surface area (Å²) >= 11 is 0. The highest BCUT2D eigenvalue weighted by Gasteiger charge is 2.40. The number of carbonyl (C=O) groups excluding carboxylic acids is 1. The third-order valence-corrected chi connectivity index (χ3v) is 3.58. The van der Waals surface area contributed by atoms with E-state index in [0.717, 1.165) is 25.2 Å². The lowest BCUT2D eigenvalue weighted by atomic mass is 9.97. The van der Waals surface area contributed by atoms with E-state index in [1.165, 1.54) is 0 Å². The number of aromatic nitrogens is 1. The van der Waals surface area contributed by atoms with Gasteiger partial charge in [0.25, 0.3) is 0 Å². The summed E-state index contributed by atoms with van der Waals surface area (Å²) in [6.45, 7) is 6.30. The topological polar surface area (TPSA) is 62.5 Å². The molecule has 0 aromatic carbocycles. The minimum absolute atomic E-state index is 0.163. The van der Waals surface area contributed by atoms with Crippen LogP contribution < -0.4 is 5.73 Å². The van der Waals surface area contributed by atoms with Crippen LogP contribution in [0.2, 0.25) is 0 Å². The fraction of sp³-hybridized carbons (Fsp3) is 0.538. The maximum atomic E-state index is 12.2. The molecule has 0 atom stereocenters. The van der Waals surface area contributed by atoms with Gasteiger partial charge in [0.05, 0.1) is 5.54 Å². The second-order valence-electron chi connectivity index (χ2n) is 5.30. The fourth-order valence-corrected chi connectivity index (χ4v) is 2.34. The van der Waals surface area contributed by atoms with Crippen LogP contribution in [0.15, 0.2) is 18.3 Å². The molecule has 2 heterocycles. The van der Waals surface area contributed by atoms with E-state index < -0.39 is 5.54 Å². The Bertz CT molecular complexity index is 458. The second-order valence-corrected chi connectivity index (χ2v) is 5.30. The lowest BCUT2D eigenvalue weighted by Gasteiger charge is -2.44. The maximum Gasteiger partial charge on any atom is 0.242 e. The van der Waals surface area contributed by atoms with E-state index >= 15 is 0 Å². The van der Waals surface area contributed by atoms with E-state index in [-0.39, 0.29) is 5.91 Å². The SMILES string of the molecule is CN1CCN(Cc2ccnc(N)c2)C(C)(C)C1=O. The number of anilines is 1. The van der Waals surface area contributed by atoms with Gasteiger partial charge in [-0.3, -0.25) is 9.69 Å². The minimum atomic E-state index is -0.467. The van der Waals surface area contributed by atoms with Crippen molar-refractivity contribution >= 4 is 11.7 Å². The van der Waals surface area contributed by atoms with Crippen molar-refractivity contribution in [1.82, 2.24) is 14.8 Å². The third-order valence-electron chi connectivity index (χ3n) is 3.58.